The second-order valence-corrected chi connectivity index (χ2v) is 32.3. The van der Waals surface area contributed by atoms with Gasteiger partial charge in [0.05, 0.1) is 12.4 Å². The quantitative estimate of drug-likeness (QED) is 0.154. The highest BCUT2D eigenvalue weighted by Gasteiger charge is 2.30. The smallest absolute Gasteiger partial charge is 0.243 e. The number of hydrogen-bond donors (Lipinski definition) is 1. The van der Waals surface area contributed by atoms with Crippen molar-refractivity contribution < 1.29 is 24.0 Å². The third-order valence-corrected chi connectivity index (χ3v) is 16.9. The number of nitrogens with one attached hydrogen (secondary N) is 1. The molecule has 610 valence electrons. The van der Waals surface area contributed by atoms with Crippen LogP contribution in [-0.2, 0) is 54.8 Å². The summed E-state index contributed by atoms with van der Waals surface area (Å²) in [5, 5.41) is 11.2. The Balaban J connectivity index is -0.000000172. The molecule has 2 aromatic carbocycles. The number of piperazine rings is 2. The van der Waals surface area contributed by atoms with Gasteiger partial charge in [0.15, 0.2) is 0 Å². The lowest BCUT2D eigenvalue weighted by Gasteiger charge is -2.38. The Morgan fingerprint density at radius 2 is 0.913 bits per heavy atom. The zero-order valence-electron chi connectivity index (χ0n) is 73.0. The van der Waals surface area contributed by atoms with Gasteiger partial charge in [0.25, 0.3) is 0 Å². The van der Waals surface area contributed by atoms with E-state index in [0.29, 0.717) is 41.7 Å². The first kappa shape index (κ1) is 114. The van der Waals surface area contributed by atoms with Crippen molar-refractivity contribution in [2.24, 2.45) is 22.2 Å². The molecule has 4 heterocycles. The van der Waals surface area contributed by atoms with Gasteiger partial charge in [0.1, 0.15) is 11.6 Å². The van der Waals surface area contributed by atoms with Gasteiger partial charge in [-0.05, 0) is 151 Å². The Morgan fingerprint density at radius 1 is 0.490 bits per heavy atom. The van der Waals surface area contributed by atoms with E-state index in [2.05, 4.69) is 217 Å². The van der Waals surface area contributed by atoms with Gasteiger partial charge >= 0.3 is 0 Å². The van der Waals surface area contributed by atoms with Crippen molar-refractivity contribution in [2.75, 3.05) is 64.3 Å². The van der Waals surface area contributed by atoms with Crippen molar-refractivity contribution in [1.82, 2.24) is 39.6 Å². The summed E-state index contributed by atoms with van der Waals surface area (Å²) in [6, 6.07) is 18.4. The van der Waals surface area contributed by atoms with E-state index in [1.165, 1.54) is 85.8 Å². The predicted molar refractivity (Wildman–Crippen MR) is 462 cm³/mol. The van der Waals surface area contributed by atoms with E-state index in [1.54, 1.807) is 40.1 Å². The number of likely N-dealkylation sites (N-methyl/N-ethyl adjacent to an activating group) is 1. The van der Waals surface area contributed by atoms with Crippen LogP contribution >= 0.6 is 0 Å². The van der Waals surface area contributed by atoms with Crippen molar-refractivity contribution in [1.29, 1.82) is 0 Å². The van der Waals surface area contributed by atoms with Crippen LogP contribution in [0.4, 0.5) is 5.69 Å². The number of aryl methyl sites for hydroxylation is 2. The molecule has 2 amide bonds. The van der Waals surface area contributed by atoms with Crippen LogP contribution in [0.3, 0.4) is 0 Å². The largest absolute Gasteiger partial charge is 0.368 e. The summed E-state index contributed by atoms with van der Waals surface area (Å²) in [5.41, 5.74) is 9.07. The molecule has 1 atom stereocenters. The topological polar surface area (TPSA) is 146 Å². The first-order chi connectivity index (χ1) is 46.8. The molecule has 0 radical (unpaired) electrons. The Morgan fingerprint density at radius 3 is 1.25 bits per heavy atom. The molecule has 14 heteroatoms. The van der Waals surface area contributed by atoms with E-state index in [-0.39, 0.29) is 67.8 Å². The van der Waals surface area contributed by atoms with Gasteiger partial charge in [-0.2, -0.15) is 10.2 Å². The van der Waals surface area contributed by atoms with E-state index < -0.39 is 0 Å². The van der Waals surface area contributed by atoms with Crippen molar-refractivity contribution >= 4 is 35.0 Å². The van der Waals surface area contributed by atoms with Crippen LogP contribution in [-0.4, -0.2) is 135 Å². The summed E-state index contributed by atoms with van der Waals surface area (Å²) in [6.07, 6.45) is 17.0. The van der Waals surface area contributed by atoms with Crippen molar-refractivity contribution in [3.8, 4) is 0 Å². The maximum atomic E-state index is 11.3. The number of ketones is 2. The molecule has 3 aliphatic rings. The summed E-state index contributed by atoms with van der Waals surface area (Å²) in [4.78, 5) is 64.1. The van der Waals surface area contributed by atoms with Crippen LogP contribution in [0, 0.1) is 22.2 Å². The zero-order valence-corrected chi connectivity index (χ0v) is 73.0. The van der Waals surface area contributed by atoms with Gasteiger partial charge in [0.2, 0.25) is 17.7 Å². The van der Waals surface area contributed by atoms with Gasteiger partial charge in [-0.15, -0.1) is 0 Å². The minimum absolute atomic E-state index is 0. The zero-order chi connectivity index (χ0) is 79.9. The van der Waals surface area contributed by atoms with E-state index in [0.717, 1.165) is 68.5 Å². The van der Waals surface area contributed by atoms with Crippen LogP contribution < -0.4 is 10.2 Å². The second-order valence-electron chi connectivity index (χ2n) is 32.3. The summed E-state index contributed by atoms with van der Waals surface area (Å²) >= 11 is 0. The molecular weight excluding hydrogens is 1290 g/mol. The Bertz CT molecular complexity index is 2710. The maximum absolute atomic E-state index is 11.3. The number of amides is 2. The van der Waals surface area contributed by atoms with Gasteiger partial charge < -0.3 is 20.0 Å². The molecule has 0 spiro atoms. The number of hydrogen-bond acceptors (Lipinski definition) is 10. The van der Waals surface area contributed by atoms with E-state index in [1.807, 2.05) is 105 Å². The van der Waals surface area contributed by atoms with Gasteiger partial charge in [-0.3, -0.25) is 33.6 Å². The minimum Gasteiger partial charge on any atom is -0.368 e. The summed E-state index contributed by atoms with van der Waals surface area (Å²) in [5.74, 6) is 1.50. The first-order valence-corrected chi connectivity index (χ1v) is 39.3. The van der Waals surface area contributed by atoms with Crippen LogP contribution in [0.1, 0.15) is 349 Å². The second kappa shape index (κ2) is 59.6. The van der Waals surface area contributed by atoms with E-state index in [9.17, 15) is 24.0 Å². The molecule has 1 aliphatic carbocycles. The van der Waals surface area contributed by atoms with Gasteiger partial charge in [0, 0.05) is 123 Å². The highest BCUT2D eigenvalue weighted by atomic mass is 16.2. The lowest BCUT2D eigenvalue weighted by Crippen LogP contribution is -2.48. The molecule has 14 nitrogen and oxygen atoms in total. The van der Waals surface area contributed by atoms with Crippen LogP contribution in [0.5, 0.6) is 0 Å². The fourth-order valence-corrected chi connectivity index (χ4v) is 10.8. The minimum atomic E-state index is -0.0505. The van der Waals surface area contributed by atoms with Crippen molar-refractivity contribution in [3.63, 3.8) is 0 Å². The highest BCUT2D eigenvalue weighted by molar-refractivity contribution is 5.78. The summed E-state index contributed by atoms with van der Waals surface area (Å²) < 4.78 is 3.20. The molecule has 2 saturated heterocycles. The number of rotatable bonds is 11. The third-order valence-electron chi connectivity index (χ3n) is 16.9. The fraction of sp³-hybridized carbons (Fsp3) is 0.744. The number of Topliss-reactive ketones (excluding diaryl/α,β-unsaturated/α-hetero) is 2. The van der Waals surface area contributed by atoms with Crippen molar-refractivity contribution in [3.05, 3.63) is 101 Å². The molecule has 1 saturated carbocycles. The lowest BCUT2D eigenvalue weighted by atomic mass is 9.71. The van der Waals surface area contributed by atoms with Crippen LogP contribution in [0.15, 0.2) is 73.3 Å². The normalized spacial score (nSPS) is 15.1. The summed E-state index contributed by atoms with van der Waals surface area (Å²) in [6.45, 7) is 83.7. The van der Waals surface area contributed by atoms with Gasteiger partial charge in [-0.1, -0.05) is 266 Å². The Kier molecular flexibility index (Phi) is 65.5. The summed E-state index contributed by atoms with van der Waals surface area (Å²) in [7, 11) is 2.21. The van der Waals surface area contributed by atoms with E-state index >= 15 is 0 Å². The number of benzene rings is 2. The fourth-order valence-electron chi connectivity index (χ4n) is 10.8. The molecule has 4 aromatic rings. The van der Waals surface area contributed by atoms with Crippen LogP contribution in [0.25, 0.3) is 0 Å². The van der Waals surface area contributed by atoms with E-state index in [4.69, 9.17) is 0 Å². The average molecular weight is 1460 g/mol. The molecule has 7 rings (SSSR count). The number of carbonyl (C=O) groups excluding carboxylic acids is 5. The number of aromatic nitrogens is 4. The molecule has 3 fully saturated rings. The molecule has 1 N–H and O–H groups in total. The number of nitrogens with zero attached hydrogens (tertiary/aromatic N) is 8. The Labute approximate surface area is 647 Å². The molecular formula is C90H175N9O5. The predicted octanol–water partition coefficient (Wildman–Crippen LogP) is 23.3. The Hall–Kier alpha value is -5.47. The molecule has 2 aliphatic heterocycles. The highest BCUT2D eigenvalue weighted by Crippen LogP contribution is 2.38. The van der Waals surface area contributed by atoms with Crippen molar-refractivity contribution in [2.45, 2.75) is 364 Å². The lowest BCUT2D eigenvalue weighted by molar-refractivity contribution is -0.129. The molecule has 104 heavy (non-hydrogen) atoms. The van der Waals surface area contributed by atoms with Crippen LogP contribution in [0.2, 0.25) is 0 Å². The third kappa shape index (κ3) is 55.0. The molecule has 2 aromatic heterocycles. The number of anilines is 1. The molecule has 0 bridgehead atoms. The monoisotopic (exact) mass is 1460 g/mol. The van der Waals surface area contributed by atoms with Gasteiger partial charge in [-0.25, -0.2) is 4.68 Å². The average Bonchev–Trinajstić information content (AvgIpc) is 0.935. The molecule has 0 unspecified atom stereocenters. The first-order valence-electron chi connectivity index (χ1n) is 39.3. The maximum Gasteiger partial charge on any atom is 0.243 e. The SMILES string of the molecule is C.C.C.CC.CC.CC.CC.CC.CC.CC(=O)CCn1cc(C(C)(C)C)cn1.CC(=O)Cc1ccc(CCC(C)(C)C)cc1.CC(=O)N1CCN(c2ccc(C(C)(C)C)cc2)CC1.CC(=O)NC1CCC(C(C)(C)C)CC1.CC(=O)n1cc(C(C)(C)C)cn1.C[C@@H](CC(C)(C)C)N1CCN(C)CC1. The number of carbonyl (C=O) groups is 5. The standard InChI is InChI=1S/C16H24N2O.C15H22O.C12H26N2.C12H23NO.C11H18N2O.C9H14N2O.6C2H6.3CH4/c1-13(19)17-9-11-18(12-10-17)15-7-5-14(6-8-15)16(2,3)4;1-12(16)11-14-7-5-13(6-8-14)9-10-15(2,3)4;1-11(10-12(2,3)4)14-8-6-13(5)7-9-14;1-9(14)13-11-7-5-10(6-8-11)12(2,3)4;1-9(14)5-6-13-8-10(7-12-13)11(2,3)4;1-7(12)11-6-8(5-10-11)9(2,3)4;6*1-2;;;/h5-8H,9-12H2,1-4H3;5-8H,9-11H2,1-4H3;11H,6-10H2,1-5H3;10-11H,5-8H2,1-4H3,(H,13,14);7-8H,5-6H2,1-4H3;5-6H,1-4H3;6*1-2H3;3*1H4/t;;11-;;;;;;;;;;;;/m..0............/s1.